The summed E-state index contributed by atoms with van der Waals surface area (Å²) in [6, 6.07) is 18.0. The average molecular weight is 337 g/mol. The lowest BCUT2D eigenvalue weighted by Crippen LogP contribution is -2.36. The molecule has 1 aliphatic rings. The van der Waals surface area contributed by atoms with Crippen LogP contribution >= 0.6 is 11.8 Å². The molecule has 0 N–H and O–H groups in total. The van der Waals surface area contributed by atoms with Crippen molar-refractivity contribution in [1.82, 2.24) is 14.7 Å². The summed E-state index contributed by atoms with van der Waals surface area (Å²) in [5, 5.41) is 5.91. The highest BCUT2D eigenvalue weighted by Gasteiger charge is 2.23. The first-order valence-corrected chi connectivity index (χ1v) is 9.83. The minimum Gasteiger partial charge on any atom is -0.297 e. The topological polar surface area (TPSA) is 21.1 Å². The molecular weight excluding hydrogens is 314 g/mol. The van der Waals surface area contributed by atoms with E-state index >= 15 is 0 Å². The van der Waals surface area contributed by atoms with E-state index in [1.807, 2.05) is 6.20 Å². The third-order valence-electron chi connectivity index (χ3n) is 4.90. The predicted molar refractivity (Wildman–Crippen MR) is 102 cm³/mol. The van der Waals surface area contributed by atoms with Crippen LogP contribution in [-0.4, -0.2) is 34.0 Å². The van der Waals surface area contributed by atoms with Crippen molar-refractivity contribution in [2.75, 3.05) is 19.3 Å². The van der Waals surface area contributed by atoms with Crippen LogP contribution in [-0.2, 0) is 6.54 Å². The number of thioether (sulfide) groups is 1. The van der Waals surface area contributed by atoms with Crippen LogP contribution in [0.25, 0.3) is 10.9 Å². The van der Waals surface area contributed by atoms with Crippen LogP contribution in [0.1, 0.15) is 24.4 Å². The Hall–Kier alpha value is -1.78. The van der Waals surface area contributed by atoms with Gasteiger partial charge in [-0.1, -0.05) is 30.3 Å². The van der Waals surface area contributed by atoms with Crippen molar-refractivity contribution in [3.63, 3.8) is 0 Å². The van der Waals surface area contributed by atoms with E-state index < -0.39 is 0 Å². The summed E-state index contributed by atoms with van der Waals surface area (Å²) in [7, 11) is 0. The number of nitrogens with zero attached hydrogens (tertiary/aromatic N) is 3. The molecular formula is C20H23N3S. The maximum Gasteiger partial charge on any atom is 0.0686 e. The third kappa shape index (κ3) is 3.21. The molecule has 3 aromatic rings. The van der Waals surface area contributed by atoms with Crippen LogP contribution < -0.4 is 0 Å². The summed E-state index contributed by atoms with van der Waals surface area (Å²) in [4.78, 5) is 3.90. The fourth-order valence-corrected chi connectivity index (χ4v) is 4.05. The number of piperidine rings is 1. The van der Waals surface area contributed by atoms with Gasteiger partial charge in [0.1, 0.15) is 0 Å². The third-order valence-corrected chi connectivity index (χ3v) is 5.64. The van der Waals surface area contributed by atoms with Gasteiger partial charge in [0.05, 0.1) is 17.8 Å². The molecule has 1 aromatic heterocycles. The van der Waals surface area contributed by atoms with Crippen LogP contribution in [0.3, 0.4) is 0 Å². The number of para-hydroxylation sites is 1. The molecule has 0 bridgehead atoms. The molecule has 1 saturated heterocycles. The Morgan fingerprint density at radius 3 is 2.79 bits per heavy atom. The number of hydrogen-bond acceptors (Lipinski definition) is 3. The molecule has 0 spiro atoms. The van der Waals surface area contributed by atoms with Gasteiger partial charge >= 0.3 is 0 Å². The maximum absolute atomic E-state index is 4.67. The lowest BCUT2D eigenvalue weighted by atomic mass is 10.0. The number of rotatable bonds is 4. The van der Waals surface area contributed by atoms with Gasteiger partial charge in [0, 0.05) is 23.4 Å². The molecule has 124 valence electrons. The zero-order chi connectivity index (χ0) is 16.4. The molecule has 3 nitrogen and oxygen atoms in total. The van der Waals surface area contributed by atoms with Gasteiger partial charge in [-0.05, 0) is 49.4 Å². The van der Waals surface area contributed by atoms with E-state index in [1.54, 1.807) is 11.8 Å². The number of likely N-dealkylation sites (tertiary alicyclic amines) is 1. The lowest BCUT2D eigenvalue weighted by Gasteiger charge is -2.33. The first kappa shape index (κ1) is 15.7. The monoisotopic (exact) mass is 337 g/mol. The second-order valence-electron chi connectivity index (χ2n) is 6.53. The van der Waals surface area contributed by atoms with Gasteiger partial charge in [0.15, 0.2) is 0 Å². The normalized spacial score (nSPS) is 19.0. The average Bonchev–Trinajstić information content (AvgIpc) is 3.07. The molecule has 1 aliphatic heterocycles. The van der Waals surface area contributed by atoms with E-state index in [0.29, 0.717) is 6.04 Å². The molecule has 0 radical (unpaired) electrons. The molecule has 0 saturated carbocycles. The first-order chi connectivity index (χ1) is 11.8. The molecule has 1 unspecified atom stereocenters. The van der Waals surface area contributed by atoms with Crippen molar-refractivity contribution in [3.05, 3.63) is 60.3 Å². The highest BCUT2D eigenvalue weighted by molar-refractivity contribution is 7.98. The van der Waals surface area contributed by atoms with Crippen LogP contribution in [0.15, 0.2) is 59.6 Å². The SMILES string of the molecule is CSc1ccc(CN2CCCC(n3ncc4ccccc43)C2)cc1. The van der Waals surface area contributed by atoms with Gasteiger partial charge < -0.3 is 0 Å². The van der Waals surface area contributed by atoms with Crippen LogP contribution in [0.4, 0.5) is 0 Å². The Bertz CT molecular complexity index is 809. The number of hydrogen-bond donors (Lipinski definition) is 0. The van der Waals surface area contributed by atoms with E-state index in [2.05, 4.69) is 69.5 Å². The Morgan fingerprint density at radius 2 is 1.96 bits per heavy atom. The van der Waals surface area contributed by atoms with Gasteiger partial charge in [-0.3, -0.25) is 9.58 Å². The Labute approximate surface area is 147 Å². The number of aromatic nitrogens is 2. The fraction of sp³-hybridized carbons (Fsp3) is 0.350. The molecule has 0 amide bonds. The van der Waals surface area contributed by atoms with Crippen LogP contribution in [0.2, 0.25) is 0 Å². The van der Waals surface area contributed by atoms with E-state index in [4.69, 9.17) is 0 Å². The summed E-state index contributed by atoms with van der Waals surface area (Å²) < 4.78 is 2.23. The second-order valence-corrected chi connectivity index (χ2v) is 7.41. The maximum atomic E-state index is 4.67. The van der Waals surface area contributed by atoms with Gasteiger partial charge in [0.2, 0.25) is 0 Å². The van der Waals surface area contributed by atoms with Gasteiger partial charge in [-0.25, -0.2) is 0 Å². The molecule has 2 heterocycles. The zero-order valence-corrected chi connectivity index (χ0v) is 14.9. The highest BCUT2D eigenvalue weighted by Crippen LogP contribution is 2.26. The van der Waals surface area contributed by atoms with Gasteiger partial charge in [-0.15, -0.1) is 11.8 Å². The largest absolute Gasteiger partial charge is 0.297 e. The molecule has 1 fully saturated rings. The molecule has 0 aliphatic carbocycles. The zero-order valence-electron chi connectivity index (χ0n) is 14.1. The van der Waals surface area contributed by atoms with Gasteiger partial charge in [-0.2, -0.15) is 5.10 Å². The number of fused-ring (bicyclic) bond motifs is 1. The van der Waals surface area contributed by atoms with Gasteiger partial charge in [0.25, 0.3) is 0 Å². The number of benzene rings is 2. The quantitative estimate of drug-likeness (QED) is 0.650. The van der Waals surface area contributed by atoms with Crippen molar-refractivity contribution in [2.45, 2.75) is 30.3 Å². The summed E-state index contributed by atoms with van der Waals surface area (Å²) in [5.41, 5.74) is 2.66. The minimum absolute atomic E-state index is 0.476. The summed E-state index contributed by atoms with van der Waals surface area (Å²) in [5.74, 6) is 0. The van der Waals surface area contributed by atoms with Crippen molar-refractivity contribution < 1.29 is 0 Å². The summed E-state index contributed by atoms with van der Waals surface area (Å²) >= 11 is 1.80. The molecule has 1 atom stereocenters. The van der Waals surface area contributed by atoms with E-state index in [-0.39, 0.29) is 0 Å². The first-order valence-electron chi connectivity index (χ1n) is 8.61. The van der Waals surface area contributed by atoms with E-state index in [0.717, 1.165) is 13.1 Å². The minimum atomic E-state index is 0.476. The Morgan fingerprint density at radius 1 is 1.12 bits per heavy atom. The standard InChI is InChI=1S/C20H23N3S/c1-24-19-10-8-16(9-11-19)14-22-12-4-6-18(15-22)23-20-7-3-2-5-17(20)13-21-23/h2-3,5,7-11,13,18H,4,6,12,14-15H2,1H3. The van der Waals surface area contributed by atoms with Crippen molar-refractivity contribution in [2.24, 2.45) is 0 Å². The second kappa shape index (κ2) is 6.99. The summed E-state index contributed by atoms with van der Waals surface area (Å²) in [6.07, 6.45) is 6.57. The molecule has 4 heteroatoms. The van der Waals surface area contributed by atoms with Crippen LogP contribution in [0.5, 0.6) is 0 Å². The van der Waals surface area contributed by atoms with Crippen molar-refractivity contribution in [1.29, 1.82) is 0 Å². The van der Waals surface area contributed by atoms with E-state index in [1.165, 1.54) is 40.7 Å². The predicted octanol–water partition coefficient (Wildman–Crippen LogP) is 4.60. The molecule has 2 aromatic carbocycles. The highest BCUT2D eigenvalue weighted by atomic mass is 32.2. The van der Waals surface area contributed by atoms with E-state index in [9.17, 15) is 0 Å². The summed E-state index contributed by atoms with van der Waals surface area (Å²) in [6.45, 7) is 3.29. The Kier molecular flexibility index (Phi) is 4.58. The molecule has 24 heavy (non-hydrogen) atoms. The fourth-order valence-electron chi connectivity index (χ4n) is 3.65. The smallest absolute Gasteiger partial charge is 0.0686 e. The molecule has 4 rings (SSSR count). The van der Waals surface area contributed by atoms with Crippen molar-refractivity contribution >= 4 is 22.7 Å². The lowest BCUT2D eigenvalue weighted by molar-refractivity contribution is 0.165. The van der Waals surface area contributed by atoms with Crippen LogP contribution in [0, 0.1) is 0 Å². The Balaban J connectivity index is 1.49. The van der Waals surface area contributed by atoms with Crippen molar-refractivity contribution in [3.8, 4) is 0 Å².